The van der Waals surface area contributed by atoms with Crippen molar-refractivity contribution >= 4 is 11.8 Å². The van der Waals surface area contributed by atoms with E-state index in [1.54, 1.807) is 0 Å². The van der Waals surface area contributed by atoms with Crippen molar-refractivity contribution in [3.05, 3.63) is 90.0 Å². The second-order valence-electron chi connectivity index (χ2n) is 11.1. The van der Waals surface area contributed by atoms with Crippen LogP contribution in [0.4, 0.5) is 0 Å². The number of aromatic nitrogens is 4. The first-order chi connectivity index (χ1) is 20.7. The number of rotatable bonds is 15. The molecule has 6 N–H and O–H groups in total. The predicted octanol–water partition coefficient (Wildman–Crippen LogP) is 2.38. The van der Waals surface area contributed by atoms with Crippen LogP contribution >= 0.6 is 0 Å². The Hall–Kier alpha value is -4.45. The van der Waals surface area contributed by atoms with Crippen molar-refractivity contribution < 1.29 is 19.8 Å². The van der Waals surface area contributed by atoms with Crippen LogP contribution in [0.5, 0.6) is 0 Å². The Kier molecular flexibility index (Phi) is 11.1. The van der Waals surface area contributed by atoms with Crippen molar-refractivity contribution in [2.45, 2.75) is 57.3 Å². The van der Waals surface area contributed by atoms with E-state index >= 15 is 0 Å². The average Bonchev–Trinajstić information content (AvgIpc) is 3.56. The molecule has 226 valence electrons. The highest BCUT2D eigenvalue weighted by molar-refractivity contribution is 5.88. The number of carbonyl (C=O) groups excluding carboxylic acids is 2. The zero-order valence-corrected chi connectivity index (χ0v) is 24.5. The van der Waals surface area contributed by atoms with Crippen LogP contribution in [0.3, 0.4) is 0 Å². The summed E-state index contributed by atoms with van der Waals surface area (Å²) >= 11 is 0. The molecule has 1 aromatic heterocycles. The smallest absolute Gasteiger partial charge is 0.242 e. The van der Waals surface area contributed by atoms with E-state index in [9.17, 15) is 14.7 Å². The number of aryl methyl sites for hydroxylation is 1. The SMILES string of the molecule is CC(C)(CC(=O)N[C@H](CCc1ccccc1)C(=O)NCc1ccc(-c2ccccc2-c2nnn[nH]2)cc1)NC[C@H](O)CO. The topological polar surface area (TPSA) is 165 Å². The Morgan fingerprint density at radius 2 is 1.63 bits per heavy atom. The van der Waals surface area contributed by atoms with E-state index in [1.165, 1.54) is 0 Å². The van der Waals surface area contributed by atoms with E-state index in [1.807, 2.05) is 92.7 Å². The summed E-state index contributed by atoms with van der Waals surface area (Å²) in [5.41, 5.74) is 4.18. The van der Waals surface area contributed by atoms with Crippen molar-refractivity contribution in [2.24, 2.45) is 0 Å². The van der Waals surface area contributed by atoms with E-state index in [0.717, 1.165) is 27.8 Å². The molecule has 4 aromatic rings. The fourth-order valence-electron chi connectivity index (χ4n) is 4.72. The van der Waals surface area contributed by atoms with Crippen molar-refractivity contribution in [1.82, 2.24) is 36.6 Å². The molecule has 0 saturated heterocycles. The second kappa shape index (κ2) is 15.1. The van der Waals surface area contributed by atoms with Gasteiger partial charge in [-0.1, -0.05) is 78.9 Å². The summed E-state index contributed by atoms with van der Waals surface area (Å²) in [6.45, 7) is 3.75. The fourth-order valence-corrected chi connectivity index (χ4v) is 4.72. The number of carbonyl (C=O) groups is 2. The van der Waals surface area contributed by atoms with Gasteiger partial charge in [0.15, 0.2) is 5.82 Å². The number of amides is 2. The highest BCUT2D eigenvalue weighted by Gasteiger charge is 2.26. The Balaban J connectivity index is 1.39. The molecule has 0 aliphatic rings. The molecule has 43 heavy (non-hydrogen) atoms. The molecule has 2 amide bonds. The van der Waals surface area contributed by atoms with E-state index in [2.05, 4.69) is 36.6 Å². The van der Waals surface area contributed by atoms with Crippen molar-refractivity contribution in [3.8, 4) is 22.5 Å². The number of nitrogens with zero attached hydrogens (tertiary/aromatic N) is 3. The van der Waals surface area contributed by atoms with Crippen LogP contribution in [-0.2, 0) is 22.6 Å². The lowest BCUT2D eigenvalue weighted by molar-refractivity contribution is -0.129. The van der Waals surface area contributed by atoms with Crippen molar-refractivity contribution in [1.29, 1.82) is 0 Å². The molecule has 3 aromatic carbocycles. The standard InChI is InChI=1S/C32H39N7O4/c1-32(2,34-20-25(41)21-40)18-29(42)35-28(17-14-22-8-4-3-5-9-22)31(43)33-19-23-12-15-24(16-13-23)26-10-6-7-11-27(26)30-36-38-39-37-30/h3-13,15-16,25,28,34,40-41H,14,17-21H2,1-2H3,(H,33,43)(H,35,42)(H,36,37,38,39)/t25-,28+/m0/s1. The van der Waals surface area contributed by atoms with Gasteiger partial charge in [-0.05, 0) is 59.4 Å². The number of H-pyrrole nitrogens is 1. The Morgan fingerprint density at radius 3 is 2.30 bits per heavy atom. The highest BCUT2D eigenvalue weighted by atomic mass is 16.3. The van der Waals surface area contributed by atoms with Gasteiger partial charge in [0.1, 0.15) is 6.04 Å². The molecule has 11 heteroatoms. The first kappa shape index (κ1) is 31.5. The first-order valence-electron chi connectivity index (χ1n) is 14.3. The minimum Gasteiger partial charge on any atom is -0.394 e. The number of β-amino-alcohol motifs (C(OH)–C–C–N with tert-alkyl or cyclic N) is 1. The first-order valence-corrected chi connectivity index (χ1v) is 14.3. The third kappa shape index (κ3) is 9.53. The van der Waals surface area contributed by atoms with Gasteiger partial charge in [0.2, 0.25) is 11.8 Å². The van der Waals surface area contributed by atoms with E-state index in [-0.39, 0.29) is 31.4 Å². The fraction of sp³-hybridized carbons (Fsp3) is 0.344. The molecule has 0 aliphatic heterocycles. The molecule has 2 atom stereocenters. The van der Waals surface area contributed by atoms with Crippen LogP contribution in [-0.4, -0.2) is 73.5 Å². The predicted molar refractivity (Wildman–Crippen MR) is 163 cm³/mol. The van der Waals surface area contributed by atoms with Crippen LogP contribution in [0.15, 0.2) is 78.9 Å². The molecule has 0 radical (unpaired) electrons. The molecule has 0 saturated carbocycles. The normalized spacial score (nSPS) is 12.8. The van der Waals surface area contributed by atoms with Gasteiger partial charge in [-0.15, -0.1) is 5.10 Å². The van der Waals surface area contributed by atoms with Crippen molar-refractivity contribution in [3.63, 3.8) is 0 Å². The second-order valence-corrected chi connectivity index (χ2v) is 11.1. The van der Waals surface area contributed by atoms with Gasteiger partial charge in [0, 0.05) is 30.6 Å². The van der Waals surface area contributed by atoms with Gasteiger partial charge in [-0.2, -0.15) is 0 Å². The van der Waals surface area contributed by atoms with E-state index in [0.29, 0.717) is 25.2 Å². The highest BCUT2D eigenvalue weighted by Crippen LogP contribution is 2.29. The summed E-state index contributed by atoms with van der Waals surface area (Å²) in [4.78, 5) is 26.3. The summed E-state index contributed by atoms with van der Waals surface area (Å²) < 4.78 is 0. The number of nitrogens with one attached hydrogen (secondary N) is 4. The van der Waals surface area contributed by atoms with E-state index in [4.69, 9.17) is 5.11 Å². The molecule has 0 fully saturated rings. The zero-order chi connectivity index (χ0) is 30.7. The molecule has 0 spiro atoms. The summed E-state index contributed by atoms with van der Waals surface area (Å²) in [5.74, 6) is 0.0321. The van der Waals surface area contributed by atoms with Crippen LogP contribution in [0.1, 0.15) is 37.8 Å². The van der Waals surface area contributed by atoms with E-state index < -0.39 is 17.7 Å². The zero-order valence-electron chi connectivity index (χ0n) is 24.5. The average molecular weight is 586 g/mol. The van der Waals surface area contributed by atoms with Crippen LogP contribution in [0.2, 0.25) is 0 Å². The number of aliphatic hydroxyl groups is 2. The van der Waals surface area contributed by atoms with Gasteiger partial charge in [-0.3, -0.25) is 9.59 Å². The maximum atomic E-state index is 13.3. The Morgan fingerprint density at radius 1 is 0.930 bits per heavy atom. The monoisotopic (exact) mass is 585 g/mol. The van der Waals surface area contributed by atoms with Crippen LogP contribution in [0, 0.1) is 0 Å². The maximum Gasteiger partial charge on any atom is 0.242 e. The lowest BCUT2D eigenvalue weighted by atomic mass is 9.98. The quantitative estimate of drug-likeness (QED) is 0.124. The lowest BCUT2D eigenvalue weighted by Crippen LogP contribution is -2.51. The number of hydrogen-bond donors (Lipinski definition) is 6. The molecular weight excluding hydrogens is 546 g/mol. The lowest BCUT2D eigenvalue weighted by Gasteiger charge is -2.28. The van der Waals surface area contributed by atoms with Gasteiger partial charge in [0.05, 0.1) is 12.7 Å². The Labute approximate surface area is 251 Å². The number of aromatic amines is 1. The molecule has 11 nitrogen and oxygen atoms in total. The molecule has 0 unspecified atom stereocenters. The molecular formula is C32H39N7O4. The van der Waals surface area contributed by atoms with Gasteiger partial charge < -0.3 is 26.2 Å². The molecule has 1 heterocycles. The minimum absolute atomic E-state index is 0.0906. The van der Waals surface area contributed by atoms with Crippen LogP contribution < -0.4 is 16.0 Å². The van der Waals surface area contributed by atoms with Crippen molar-refractivity contribution in [2.75, 3.05) is 13.2 Å². The largest absolute Gasteiger partial charge is 0.394 e. The third-order valence-electron chi connectivity index (χ3n) is 7.10. The number of aliphatic hydroxyl groups excluding tert-OH is 2. The number of hydrogen-bond acceptors (Lipinski definition) is 8. The molecule has 4 rings (SSSR count). The number of benzene rings is 3. The third-order valence-corrected chi connectivity index (χ3v) is 7.10. The molecule has 0 aliphatic carbocycles. The summed E-state index contributed by atoms with van der Waals surface area (Å²) in [6, 6.07) is 24.8. The van der Waals surface area contributed by atoms with Gasteiger partial charge >= 0.3 is 0 Å². The maximum absolute atomic E-state index is 13.3. The summed E-state index contributed by atoms with van der Waals surface area (Å²) in [7, 11) is 0. The summed E-state index contributed by atoms with van der Waals surface area (Å²) in [5, 5.41) is 41.9. The number of tetrazole rings is 1. The summed E-state index contributed by atoms with van der Waals surface area (Å²) in [6.07, 6.45) is 0.234. The minimum atomic E-state index is -0.916. The van der Waals surface area contributed by atoms with Gasteiger partial charge in [-0.25, -0.2) is 5.10 Å². The Bertz CT molecular complexity index is 1440. The molecule has 0 bridgehead atoms. The van der Waals surface area contributed by atoms with Gasteiger partial charge in [0.25, 0.3) is 0 Å². The van der Waals surface area contributed by atoms with Crippen LogP contribution in [0.25, 0.3) is 22.5 Å².